The largest absolute Gasteiger partial charge is 0.512 e. The van der Waals surface area contributed by atoms with Crippen LogP contribution in [0.25, 0.3) is 32.9 Å². The average molecular weight is 717 g/mol. The molecule has 40 heavy (non-hydrogen) atoms. The molecular formula is C34H42IrN3O2-. The molecule has 2 aromatic heterocycles. The molecule has 2 heterocycles. The van der Waals surface area contributed by atoms with Crippen molar-refractivity contribution in [1.82, 2.24) is 15.0 Å². The minimum absolute atomic E-state index is 0. The molecule has 0 unspecified atom stereocenters. The molecule has 0 spiro atoms. The maximum absolute atomic E-state index is 11.8. The number of nitrogens with zero attached hydrogens (tertiary/aromatic N) is 3. The van der Waals surface area contributed by atoms with Crippen LogP contribution >= 0.6 is 0 Å². The molecule has 0 fully saturated rings. The van der Waals surface area contributed by atoms with Gasteiger partial charge in [0, 0.05) is 59.7 Å². The second kappa shape index (κ2) is 13.1. The van der Waals surface area contributed by atoms with Gasteiger partial charge in [0.05, 0.1) is 5.52 Å². The Morgan fingerprint density at radius 2 is 1.55 bits per heavy atom. The van der Waals surface area contributed by atoms with E-state index in [-0.39, 0.29) is 42.5 Å². The molecule has 0 aliphatic carbocycles. The zero-order chi connectivity index (χ0) is 29.1. The second-order valence-corrected chi connectivity index (χ2v) is 11.8. The Bertz CT molecular complexity index is 1530. The number of hydrogen-bond donors (Lipinski definition) is 1. The molecule has 2 aromatic carbocycles. The number of carbonyl (C=O) groups is 1. The molecule has 5 nitrogen and oxygen atoms in total. The Balaban J connectivity index is 0.000000307. The summed E-state index contributed by atoms with van der Waals surface area (Å²) in [6, 6.07) is 11.9. The van der Waals surface area contributed by atoms with Gasteiger partial charge in [-0.2, -0.15) is 0 Å². The number of carbonyl (C=O) groups excluding carboxylic acids is 1. The van der Waals surface area contributed by atoms with Crippen molar-refractivity contribution in [1.29, 1.82) is 0 Å². The predicted octanol–water partition coefficient (Wildman–Crippen LogP) is 8.75. The van der Waals surface area contributed by atoms with Gasteiger partial charge in [0.2, 0.25) is 0 Å². The topological polar surface area (TPSA) is 76.0 Å². The number of aromatic nitrogens is 3. The molecule has 4 aromatic rings. The van der Waals surface area contributed by atoms with Crippen LogP contribution in [0.5, 0.6) is 0 Å². The maximum Gasteiger partial charge on any atom is 0.164 e. The Hall–Kier alpha value is -2.95. The van der Waals surface area contributed by atoms with Crippen LogP contribution in [-0.4, -0.2) is 25.8 Å². The molecule has 215 valence electrons. The van der Waals surface area contributed by atoms with Gasteiger partial charge in [0.25, 0.3) is 0 Å². The van der Waals surface area contributed by atoms with Crippen molar-refractivity contribution in [3.05, 3.63) is 77.1 Å². The number of aryl methyl sites for hydroxylation is 4. The first kappa shape index (κ1) is 33.3. The number of pyridine rings is 1. The number of hydrogen-bond acceptors (Lipinski definition) is 5. The second-order valence-electron chi connectivity index (χ2n) is 11.8. The summed E-state index contributed by atoms with van der Waals surface area (Å²) in [4.78, 5) is 25.5. The molecule has 0 aliphatic heterocycles. The molecule has 0 atom stereocenters. The first-order chi connectivity index (χ1) is 18.2. The van der Waals surface area contributed by atoms with E-state index in [1.807, 2.05) is 54.7 Å². The predicted molar refractivity (Wildman–Crippen MR) is 162 cm³/mol. The zero-order valence-corrected chi connectivity index (χ0v) is 27.9. The molecule has 0 aliphatic rings. The zero-order valence-electron chi connectivity index (χ0n) is 25.5. The van der Waals surface area contributed by atoms with Gasteiger partial charge >= 0.3 is 0 Å². The van der Waals surface area contributed by atoms with Crippen molar-refractivity contribution in [3.63, 3.8) is 0 Å². The van der Waals surface area contributed by atoms with Crippen LogP contribution in [0.3, 0.4) is 0 Å². The molecule has 0 bridgehead atoms. The first-order valence-corrected chi connectivity index (χ1v) is 13.7. The minimum atomic E-state index is -0.377. The number of fused-ring (bicyclic) bond motifs is 3. The summed E-state index contributed by atoms with van der Waals surface area (Å²) in [5.74, 6) is 0.195. The number of ketones is 1. The standard InChI is InChI=1S/C21H18N3.C13H24O2.Ir/c1-12-7-13(2)9-16(8-12)20-18-6-5-17-15(4)22-10-14(3)19(17)21(18)24-11-23-20;1-7-12(3,4)10(14)9-11(15)13(5,6)8-2;/h5-8,10-11H,1-4H3;9,14H,7-8H2,1-6H3;/q-1;;/b;10-9-;. The minimum Gasteiger partial charge on any atom is -0.512 e. The number of rotatable bonds is 6. The van der Waals surface area contributed by atoms with E-state index in [2.05, 4.69) is 66.1 Å². The van der Waals surface area contributed by atoms with Gasteiger partial charge in [-0.3, -0.25) is 14.8 Å². The monoisotopic (exact) mass is 717 g/mol. The van der Waals surface area contributed by atoms with Gasteiger partial charge in [0.1, 0.15) is 12.1 Å². The van der Waals surface area contributed by atoms with E-state index in [0.717, 1.165) is 62.6 Å². The molecule has 1 N–H and O–H groups in total. The van der Waals surface area contributed by atoms with Crippen LogP contribution in [0.4, 0.5) is 0 Å². The third kappa shape index (κ3) is 7.21. The molecule has 0 saturated heterocycles. The number of allylic oxidation sites excluding steroid dienone is 2. The Labute approximate surface area is 252 Å². The van der Waals surface area contributed by atoms with E-state index >= 15 is 0 Å². The van der Waals surface area contributed by atoms with E-state index < -0.39 is 0 Å². The number of benzene rings is 2. The van der Waals surface area contributed by atoms with E-state index in [9.17, 15) is 9.90 Å². The van der Waals surface area contributed by atoms with E-state index in [4.69, 9.17) is 0 Å². The maximum atomic E-state index is 11.8. The van der Waals surface area contributed by atoms with Crippen molar-refractivity contribution in [2.45, 2.75) is 82.1 Å². The normalized spacial score (nSPS) is 12.1. The van der Waals surface area contributed by atoms with E-state index in [1.165, 1.54) is 11.6 Å². The smallest absolute Gasteiger partial charge is 0.164 e. The summed E-state index contributed by atoms with van der Waals surface area (Å²) in [5, 5.41) is 13.2. The molecule has 0 saturated carbocycles. The van der Waals surface area contributed by atoms with Gasteiger partial charge < -0.3 is 5.11 Å². The summed E-state index contributed by atoms with van der Waals surface area (Å²) >= 11 is 0. The fourth-order valence-corrected chi connectivity index (χ4v) is 4.27. The molecular weight excluding hydrogens is 675 g/mol. The van der Waals surface area contributed by atoms with Crippen LogP contribution in [0.2, 0.25) is 0 Å². The molecule has 0 amide bonds. The quantitative estimate of drug-likeness (QED) is 0.0935. The first-order valence-electron chi connectivity index (χ1n) is 13.7. The van der Waals surface area contributed by atoms with Crippen LogP contribution in [0, 0.1) is 44.6 Å². The van der Waals surface area contributed by atoms with Crippen LogP contribution in [-0.2, 0) is 24.9 Å². The van der Waals surface area contributed by atoms with Gasteiger partial charge in [-0.05, 0) is 43.3 Å². The van der Waals surface area contributed by atoms with Crippen LogP contribution in [0.1, 0.15) is 76.8 Å². The summed E-state index contributed by atoms with van der Waals surface area (Å²) in [5.41, 5.74) is 6.74. The van der Waals surface area contributed by atoms with Crippen molar-refractivity contribution in [2.24, 2.45) is 10.8 Å². The molecule has 4 rings (SSSR count). The van der Waals surface area contributed by atoms with Crippen molar-refractivity contribution >= 4 is 27.5 Å². The Morgan fingerprint density at radius 1 is 0.925 bits per heavy atom. The van der Waals surface area contributed by atoms with E-state index in [1.54, 1.807) is 6.33 Å². The summed E-state index contributed by atoms with van der Waals surface area (Å²) in [6.45, 7) is 19.9. The Kier molecular flexibility index (Phi) is 10.9. The fraction of sp³-hybridized carbons (Fsp3) is 0.412. The average Bonchev–Trinajstić information content (AvgIpc) is 2.89. The van der Waals surface area contributed by atoms with Gasteiger partial charge in [-0.25, -0.2) is 4.98 Å². The summed E-state index contributed by atoms with van der Waals surface area (Å²) in [7, 11) is 0. The van der Waals surface area contributed by atoms with Crippen LogP contribution in [0.15, 0.2) is 48.6 Å². The van der Waals surface area contributed by atoms with Crippen molar-refractivity contribution < 1.29 is 30.0 Å². The molecule has 1 radical (unpaired) electrons. The summed E-state index contributed by atoms with van der Waals surface area (Å²) < 4.78 is 0. The summed E-state index contributed by atoms with van der Waals surface area (Å²) in [6.07, 6.45) is 6.56. The van der Waals surface area contributed by atoms with Gasteiger partial charge in [-0.1, -0.05) is 67.5 Å². The third-order valence-electron chi connectivity index (χ3n) is 7.84. The third-order valence-corrected chi connectivity index (χ3v) is 7.84. The molecule has 6 heteroatoms. The number of aliphatic hydroxyl groups is 1. The van der Waals surface area contributed by atoms with Gasteiger partial charge in [0.15, 0.2) is 5.78 Å². The van der Waals surface area contributed by atoms with Crippen molar-refractivity contribution in [3.8, 4) is 11.3 Å². The van der Waals surface area contributed by atoms with Crippen molar-refractivity contribution in [2.75, 3.05) is 0 Å². The number of aliphatic hydroxyl groups excluding tert-OH is 1. The van der Waals surface area contributed by atoms with Crippen LogP contribution < -0.4 is 0 Å². The fourth-order valence-electron chi connectivity index (χ4n) is 4.27. The SMILES string of the molecule is CCC(C)(C)C(=O)/C=C(\O)C(C)(C)CC.Cc1[c-]c(-c2ncnc3c2ccc2c(C)ncc(C)c23)cc(C)c1.[Ir]. The van der Waals surface area contributed by atoms with Gasteiger partial charge in [-0.15, -0.1) is 34.9 Å². The Morgan fingerprint density at radius 3 is 2.15 bits per heavy atom. The van der Waals surface area contributed by atoms with E-state index in [0.29, 0.717) is 0 Å².